The number of ether oxygens (including phenoxy) is 2. The number of rotatable bonds is 8. The van der Waals surface area contributed by atoms with E-state index in [0.717, 1.165) is 0 Å². The summed E-state index contributed by atoms with van der Waals surface area (Å²) in [6.45, 7) is 3.69. The van der Waals surface area contributed by atoms with E-state index in [0.29, 0.717) is 23.4 Å². The first-order chi connectivity index (χ1) is 11.1. The SMILES string of the molecule is CNc1ncnc2c1ncn2C(OCCCO)OC(=O)C(C)C. The largest absolute Gasteiger partial charge is 0.415 e. The van der Waals surface area contributed by atoms with Gasteiger partial charge in [-0.3, -0.25) is 9.36 Å². The third kappa shape index (κ3) is 3.93. The van der Waals surface area contributed by atoms with Crippen molar-refractivity contribution in [3.05, 3.63) is 12.7 Å². The Balaban J connectivity index is 2.32. The number of hydrogen-bond donors (Lipinski definition) is 2. The quantitative estimate of drug-likeness (QED) is 0.419. The molecule has 0 aliphatic heterocycles. The summed E-state index contributed by atoms with van der Waals surface area (Å²) in [5.74, 6) is -0.127. The molecule has 2 heterocycles. The third-order valence-electron chi connectivity index (χ3n) is 3.07. The zero-order chi connectivity index (χ0) is 16.8. The molecule has 0 amide bonds. The number of fused-ring (bicyclic) bond motifs is 1. The fourth-order valence-corrected chi connectivity index (χ4v) is 1.84. The van der Waals surface area contributed by atoms with Crippen molar-refractivity contribution in [2.75, 3.05) is 25.6 Å². The van der Waals surface area contributed by atoms with E-state index in [9.17, 15) is 4.79 Å². The van der Waals surface area contributed by atoms with Gasteiger partial charge in [-0.25, -0.2) is 15.0 Å². The Hall–Kier alpha value is -2.26. The first kappa shape index (κ1) is 17.1. The summed E-state index contributed by atoms with van der Waals surface area (Å²) in [7, 11) is 1.73. The molecule has 0 bridgehead atoms. The molecular weight excluding hydrogens is 302 g/mol. The van der Waals surface area contributed by atoms with E-state index >= 15 is 0 Å². The molecule has 0 fully saturated rings. The Labute approximate surface area is 133 Å². The molecule has 2 N–H and O–H groups in total. The van der Waals surface area contributed by atoms with E-state index in [1.165, 1.54) is 17.2 Å². The maximum Gasteiger partial charge on any atom is 0.312 e. The number of nitrogens with zero attached hydrogens (tertiary/aromatic N) is 4. The lowest BCUT2D eigenvalue weighted by molar-refractivity contribution is -0.205. The molecule has 0 radical (unpaired) electrons. The molecule has 0 saturated heterocycles. The molecule has 2 aromatic heterocycles. The number of hydrogen-bond acceptors (Lipinski definition) is 8. The molecule has 9 nitrogen and oxygen atoms in total. The maximum atomic E-state index is 11.9. The Kier molecular flexibility index (Phi) is 5.83. The fourth-order valence-electron chi connectivity index (χ4n) is 1.84. The van der Waals surface area contributed by atoms with Gasteiger partial charge in [0.2, 0.25) is 0 Å². The lowest BCUT2D eigenvalue weighted by Gasteiger charge is -2.20. The normalized spacial score (nSPS) is 12.6. The lowest BCUT2D eigenvalue weighted by Crippen LogP contribution is -2.23. The van der Waals surface area contributed by atoms with Gasteiger partial charge in [0.15, 0.2) is 17.0 Å². The van der Waals surface area contributed by atoms with Crippen LogP contribution in [0.4, 0.5) is 5.82 Å². The molecule has 0 saturated carbocycles. The average molecular weight is 323 g/mol. The molecule has 0 spiro atoms. The summed E-state index contributed by atoms with van der Waals surface area (Å²) in [6, 6.07) is 0. The van der Waals surface area contributed by atoms with Crippen molar-refractivity contribution < 1.29 is 19.4 Å². The van der Waals surface area contributed by atoms with Gasteiger partial charge in [-0.15, -0.1) is 0 Å². The molecule has 0 aliphatic carbocycles. The first-order valence-electron chi connectivity index (χ1n) is 7.36. The monoisotopic (exact) mass is 323 g/mol. The highest BCUT2D eigenvalue weighted by Crippen LogP contribution is 2.22. The van der Waals surface area contributed by atoms with Crippen LogP contribution in [0.2, 0.25) is 0 Å². The predicted octanol–water partition coefficient (Wildman–Crippen LogP) is 0.922. The van der Waals surface area contributed by atoms with Crippen molar-refractivity contribution in [2.45, 2.75) is 26.7 Å². The molecule has 2 aromatic rings. The van der Waals surface area contributed by atoms with Crippen LogP contribution in [-0.4, -0.2) is 50.9 Å². The van der Waals surface area contributed by atoms with Gasteiger partial charge in [0.25, 0.3) is 6.41 Å². The predicted molar refractivity (Wildman–Crippen MR) is 82.5 cm³/mol. The van der Waals surface area contributed by atoms with Gasteiger partial charge in [-0.1, -0.05) is 13.8 Å². The number of aromatic nitrogens is 4. The zero-order valence-corrected chi connectivity index (χ0v) is 13.4. The molecule has 1 atom stereocenters. The molecule has 23 heavy (non-hydrogen) atoms. The van der Waals surface area contributed by atoms with Gasteiger partial charge in [0.1, 0.15) is 12.7 Å². The van der Waals surface area contributed by atoms with Gasteiger partial charge in [0, 0.05) is 13.7 Å². The van der Waals surface area contributed by atoms with Crippen LogP contribution in [0.1, 0.15) is 26.7 Å². The highest BCUT2D eigenvalue weighted by atomic mass is 16.7. The van der Waals surface area contributed by atoms with E-state index in [-0.39, 0.29) is 19.1 Å². The van der Waals surface area contributed by atoms with Crippen LogP contribution in [0.25, 0.3) is 11.2 Å². The van der Waals surface area contributed by atoms with Crippen molar-refractivity contribution in [2.24, 2.45) is 5.92 Å². The average Bonchev–Trinajstić information content (AvgIpc) is 2.97. The lowest BCUT2D eigenvalue weighted by atomic mass is 10.2. The Morgan fingerprint density at radius 1 is 1.39 bits per heavy atom. The number of imidazole rings is 1. The van der Waals surface area contributed by atoms with E-state index in [1.807, 2.05) is 0 Å². The van der Waals surface area contributed by atoms with E-state index in [2.05, 4.69) is 20.3 Å². The molecule has 0 aliphatic rings. The van der Waals surface area contributed by atoms with Crippen LogP contribution in [0.15, 0.2) is 12.7 Å². The maximum absolute atomic E-state index is 11.9. The minimum Gasteiger partial charge on any atom is -0.415 e. The summed E-state index contributed by atoms with van der Waals surface area (Å²) >= 11 is 0. The molecule has 9 heteroatoms. The molecule has 1 unspecified atom stereocenters. The number of carbonyl (C=O) groups is 1. The van der Waals surface area contributed by atoms with Crippen LogP contribution in [-0.2, 0) is 14.3 Å². The summed E-state index contributed by atoms with van der Waals surface area (Å²) in [4.78, 5) is 24.4. The summed E-state index contributed by atoms with van der Waals surface area (Å²) in [5, 5.41) is 11.8. The third-order valence-corrected chi connectivity index (χ3v) is 3.07. The topological polar surface area (TPSA) is 111 Å². The first-order valence-corrected chi connectivity index (χ1v) is 7.36. The number of aliphatic hydroxyl groups excluding tert-OH is 1. The van der Waals surface area contributed by atoms with Crippen LogP contribution >= 0.6 is 0 Å². The van der Waals surface area contributed by atoms with Crippen molar-refractivity contribution >= 4 is 23.0 Å². The molecular formula is C14H21N5O4. The number of esters is 1. The molecule has 0 aromatic carbocycles. The van der Waals surface area contributed by atoms with Crippen molar-refractivity contribution in [3.63, 3.8) is 0 Å². The van der Waals surface area contributed by atoms with Gasteiger partial charge < -0.3 is 19.9 Å². The van der Waals surface area contributed by atoms with Crippen molar-refractivity contribution in [3.8, 4) is 0 Å². The second kappa shape index (κ2) is 7.84. The van der Waals surface area contributed by atoms with Crippen LogP contribution in [0, 0.1) is 5.92 Å². The fraction of sp³-hybridized carbons (Fsp3) is 0.571. The van der Waals surface area contributed by atoms with E-state index in [4.69, 9.17) is 14.6 Å². The summed E-state index contributed by atoms with van der Waals surface area (Å²) in [6.07, 6.45) is 2.30. The van der Waals surface area contributed by atoms with E-state index < -0.39 is 12.4 Å². The number of aliphatic hydroxyl groups is 1. The smallest absolute Gasteiger partial charge is 0.312 e. The number of nitrogens with one attached hydrogen (secondary N) is 1. The van der Waals surface area contributed by atoms with Crippen molar-refractivity contribution in [1.82, 2.24) is 19.5 Å². The number of carbonyl (C=O) groups excluding carboxylic acids is 1. The van der Waals surface area contributed by atoms with E-state index in [1.54, 1.807) is 20.9 Å². The summed E-state index contributed by atoms with van der Waals surface area (Å²) < 4.78 is 12.5. The summed E-state index contributed by atoms with van der Waals surface area (Å²) in [5.41, 5.74) is 1.03. The van der Waals surface area contributed by atoms with Crippen molar-refractivity contribution in [1.29, 1.82) is 0 Å². The minimum absolute atomic E-state index is 0.0123. The Bertz CT molecular complexity index is 658. The van der Waals surface area contributed by atoms with Crippen LogP contribution in [0.5, 0.6) is 0 Å². The van der Waals surface area contributed by atoms with Gasteiger partial charge in [0.05, 0.1) is 12.5 Å². The second-order valence-electron chi connectivity index (χ2n) is 5.14. The zero-order valence-electron chi connectivity index (χ0n) is 13.4. The van der Waals surface area contributed by atoms with Gasteiger partial charge >= 0.3 is 5.97 Å². The Morgan fingerprint density at radius 3 is 2.83 bits per heavy atom. The minimum atomic E-state index is -0.999. The van der Waals surface area contributed by atoms with Gasteiger partial charge in [-0.2, -0.15) is 0 Å². The highest BCUT2D eigenvalue weighted by Gasteiger charge is 2.22. The van der Waals surface area contributed by atoms with Crippen LogP contribution < -0.4 is 5.32 Å². The Morgan fingerprint density at radius 2 is 2.17 bits per heavy atom. The van der Waals surface area contributed by atoms with Crippen LogP contribution in [0.3, 0.4) is 0 Å². The molecule has 2 rings (SSSR count). The number of anilines is 1. The molecule has 126 valence electrons. The standard InChI is InChI=1S/C14H21N5O4/c1-9(2)13(21)23-14(22-6-4-5-20)19-8-18-10-11(15-3)16-7-17-12(10)19/h7-9,14,20H,4-6H2,1-3H3,(H,15,16,17). The van der Waals surface area contributed by atoms with Gasteiger partial charge in [-0.05, 0) is 6.42 Å². The second-order valence-corrected chi connectivity index (χ2v) is 5.14. The highest BCUT2D eigenvalue weighted by molar-refractivity contribution is 5.82.